The fraction of sp³-hybridized carbons (Fsp3) is 0.294. The Kier molecular flexibility index (Phi) is 4.58. The first-order chi connectivity index (χ1) is 9.22. The zero-order chi connectivity index (χ0) is 13.7. The number of aliphatic hydroxyl groups is 1. The van der Waals surface area contributed by atoms with Crippen LogP contribution in [0.4, 0.5) is 5.69 Å². The van der Waals surface area contributed by atoms with Crippen molar-refractivity contribution in [2.24, 2.45) is 0 Å². The first-order valence-electron chi connectivity index (χ1n) is 6.76. The van der Waals surface area contributed by atoms with Crippen LogP contribution in [0.1, 0.15) is 29.7 Å². The molecule has 0 fully saturated rings. The van der Waals surface area contributed by atoms with E-state index in [9.17, 15) is 5.11 Å². The van der Waals surface area contributed by atoms with E-state index in [-0.39, 0.29) is 12.6 Å². The van der Waals surface area contributed by atoms with Crippen LogP contribution < -0.4 is 5.32 Å². The summed E-state index contributed by atoms with van der Waals surface area (Å²) in [5, 5.41) is 12.9. The SMILES string of the molecule is CCc1ccc(C(CO)Nc2cccc(C)c2)cc1. The van der Waals surface area contributed by atoms with Crippen molar-refractivity contribution in [1.29, 1.82) is 0 Å². The summed E-state index contributed by atoms with van der Waals surface area (Å²) in [5.74, 6) is 0. The highest BCUT2D eigenvalue weighted by Crippen LogP contribution is 2.20. The third-order valence-corrected chi connectivity index (χ3v) is 3.33. The van der Waals surface area contributed by atoms with E-state index in [4.69, 9.17) is 0 Å². The monoisotopic (exact) mass is 255 g/mol. The molecule has 2 heteroatoms. The Hall–Kier alpha value is -1.80. The Morgan fingerprint density at radius 2 is 1.84 bits per heavy atom. The summed E-state index contributed by atoms with van der Waals surface area (Å²) < 4.78 is 0. The minimum atomic E-state index is -0.0623. The smallest absolute Gasteiger partial charge is 0.0745 e. The van der Waals surface area contributed by atoms with Gasteiger partial charge in [0.15, 0.2) is 0 Å². The predicted octanol–water partition coefficient (Wildman–Crippen LogP) is 3.70. The van der Waals surface area contributed by atoms with Gasteiger partial charge in [0.1, 0.15) is 0 Å². The van der Waals surface area contributed by atoms with Gasteiger partial charge < -0.3 is 10.4 Å². The Morgan fingerprint density at radius 3 is 2.42 bits per heavy atom. The van der Waals surface area contributed by atoms with Gasteiger partial charge in [-0.05, 0) is 42.2 Å². The maximum Gasteiger partial charge on any atom is 0.0745 e. The molecule has 2 nitrogen and oxygen atoms in total. The van der Waals surface area contributed by atoms with Gasteiger partial charge in [-0.25, -0.2) is 0 Å². The normalized spacial score (nSPS) is 12.2. The molecule has 0 aromatic heterocycles. The molecule has 100 valence electrons. The lowest BCUT2D eigenvalue weighted by Gasteiger charge is -2.18. The van der Waals surface area contributed by atoms with Gasteiger partial charge >= 0.3 is 0 Å². The Balaban J connectivity index is 2.15. The highest BCUT2D eigenvalue weighted by Gasteiger charge is 2.09. The molecular weight excluding hydrogens is 234 g/mol. The van der Waals surface area contributed by atoms with Crippen molar-refractivity contribution in [2.75, 3.05) is 11.9 Å². The van der Waals surface area contributed by atoms with E-state index >= 15 is 0 Å². The van der Waals surface area contributed by atoms with Crippen molar-refractivity contribution in [1.82, 2.24) is 0 Å². The second-order valence-corrected chi connectivity index (χ2v) is 4.84. The summed E-state index contributed by atoms with van der Waals surface area (Å²) in [6, 6.07) is 16.5. The van der Waals surface area contributed by atoms with Crippen molar-refractivity contribution < 1.29 is 5.11 Å². The number of benzene rings is 2. The van der Waals surface area contributed by atoms with Crippen LogP contribution in [0.15, 0.2) is 48.5 Å². The fourth-order valence-corrected chi connectivity index (χ4v) is 2.16. The van der Waals surface area contributed by atoms with Crippen LogP contribution in [0.3, 0.4) is 0 Å². The van der Waals surface area contributed by atoms with E-state index < -0.39 is 0 Å². The molecule has 0 bridgehead atoms. The Bertz CT molecular complexity index is 519. The van der Waals surface area contributed by atoms with Gasteiger partial charge in [0.25, 0.3) is 0 Å². The second-order valence-electron chi connectivity index (χ2n) is 4.84. The lowest BCUT2D eigenvalue weighted by Crippen LogP contribution is -2.14. The minimum Gasteiger partial charge on any atom is -0.394 e. The van der Waals surface area contributed by atoms with Crippen LogP contribution in [0.5, 0.6) is 0 Å². The molecule has 0 heterocycles. The molecule has 1 unspecified atom stereocenters. The number of rotatable bonds is 5. The van der Waals surface area contributed by atoms with Gasteiger partial charge in [-0.15, -0.1) is 0 Å². The van der Waals surface area contributed by atoms with Gasteiger partial charge in [-0.3, -0.25) is 0 Å². The number of hydrogen-bond acceptors (Lipinski definition) is 2. The maximum absolute atomic E-state index is 9.57. The molecule has 0 radical (unpaired) electrons. The van der Waals surface area contributed by atoms with E-state index in [2.05, 4.69) is 55.6 Å². The van der Waals surface area contributed by atoms with E-state index in [0.29, 0.717) is 0 Å². The van der Waals surface area contributed by atoms with Crippen LogP contribution in [-0.4, -0.2) is 11.7 Å². The van der Waals surface area contributed by atoms with Crippen LogP contribution in [0.25, 0.3) is 0 Å². The number of anilines is 1. The summed E-state index contributed by atoms with van der Waals surface area (Å²) in [6.45, 7) is 4.29. The van der Waals surface area contributed by atoms with Crippen molar-refractivity contribution >= 4 is 5.69 Å². The van der Waals surface area contributed by atoms with Crippen molar-refractivity contribution in [2.45, 2.75) is 26.3 Å². The molecule has 0 amide bonds. The quantitative estimate of drug-likeness (QED) is 0.853. The minimum absolute atomic E-state index is 0.0623. The average Bonchev–Trinajstić information content (AvgIpc) is 2.45. The standard InChI is InChI=1S/C17H21NO/c1-3-14-7-9-15(10-8-14)17(12-19)18-16-6-4-5-13(2)11-16/h4-11,17-19H,3,12H2,1-2H3. The van der Waals surface area contributed by atoms with E-state index in [1.165, 1.54) is 11.1 Å². The molecule has 2 rings (SSSR count). The van der Waals surface area contributed by atoms with Crippen LogP contribution in [0, 0.1) is 6.92 Å². The summed E-state index contributed by atoms with van der Waals surface area (Å²) >= 11 is 0. The summed E-state index contributed by atoms with van der Waals surface area (Å²) in [4.78, 5) is 0. The van der Waals surface area contributed by atoms with Crippen molar-refractivity contribution in [3.05, 3.63) is 65.2 Å². The van der Waals surface area contributed by atoms with Crippen LogP contribution in [0.2, 0.25) is 0 Å². The highest BCUT2D eigenvalue weighted by atomic mass is 16.3. The molecule has 0 aliphatic carbocycles. The predicted molar refractivity (Wildman–Crippen MR) is 80.4 cm³/mol. The molecule has 2 N–H and O–H groups in total. The van der Waals surface area contributed by atoms with Crippen molar-refractivity contribution in [3.8, 4) is 0 Å². The van der Waals surface area contributed by atoms with Crippen LogP contribution >= 0.6 is 0 Å². The number of aryl methyl sites for hydroxylation is 2. The van der Waals surface area contributed by atoms with Gasteiger partial charge in [-0.2, -0.15) is 0 Å². The first kappa shape index (κ1) is 13.6. The van der Waals surface area contributed by atoms with Gasteiger partial charge in [0.05, 0.1) is 12.6 Å². The lowest BCUT2D eigenvalue weighted by atomic mass is 10.0. The topological polar surface area (TPSA) is 32.3 Å². The zero-order valence-corrected chi connectivity index (χ0v) is 11.6. The number of hydrogen-bond donors (Lipinski definition) is 2. The molecule has 1 atom stereocenters. The van der Waals surface area contributed by atoms with Crippen molar-refractivity contribution in [3.63, 3.8) is 0 Å². The molecule has 2 aromatic rings. The van der Waals surface area contributed by atoms with E-state index in [1.54, 1.807) is 0 Å². The summed E-state index contributed by atoms with van der Waals surface area (Å²) in [6.07, 6.45) is 1.04. The lowest BCUT2D eigenvalue weighted by molar-refractivity contribution is 0.276. The molecular formula is C17H21NO. The van der Waals surface area contributed by atoms with Crippen LogP contribution in [-0.2, 0) is 6.42 Å². The third-order valence-electron chi connectivity index (χ3n) is 3.33. The molecule has 0 aliphatic heterocycles. The third kappa shape index (κ3) is 3.58. The molecule has 2 aromatic carbocycles. The highest BCUT2D eigenvalue weighted by molar-refractivity contribution is 5.47. The molecule has 0 saturated heterocycles. The summed E-state index contributed by atoms with van der Waals surface area (Å²) in [7, 11) is 0. The zero-order valence-electron chi connectivity index (χ0n) is 11.6. The maximum atomic E-state index is 9.57. The molecule has 0 aliphatic rings. The Morgan fingerprint density at radius 1 is 1.11 bits per heavy atom. The number of aliphatic hydroxyl groups excluding tert-OH is 1. The van der Waals surface area contributed by atoms with Gasteiger partial charge in [0, 0.05) is 5.69 Å². The van der Waals surface area contributed by atoms with Gasteiger partial charge in [0.2, 0.25) is 0 Å². The largest absolute Gasteiger partial charge is 0.394 e. The van der Waals surface area contributed by atoms with E-state index in [0.717, 1.165) is 17.7 Å². The summed E-state index contributed by atoms with van der Waals surface area (Å²) in [5.41, 5.74) is 4.68. The number of nitrogens with one attached hydrogen (secondary N) is 1. The molecule has 19 heavy (non-hydrogen) atoms. The first-order valence-corrected chi connectivity index (χ1v) is 6.76. The second kappa shape index (κ2) is 6.39. The Labute approximate surface area is 115 Å². The average molecular weight is 255 g/mol. The van der Waals surface area contributed by atoms with E-state index in [1.807, 2.05) is 12.1 Å². The fourth-order valence-electron chi connectivity index (χ4n) is 2.16. The molecule has 0 spiro atoms. The van der Waals surface area contributed by atoms with Gasteiger partial charge in [-0.1, -0.05) is 43.3 Å². The molecule has 0 saturated carbocycles.